The van der Waals surface area contributed by atoms with Crippen molar-refractivity contribution in [2.45, 2.75) is 0 Å². The number of carbonyl (C=O) groups excluding carboxylic acids is 1. The van der Waals surface area contributed by atoms with E-state index in [1.54, 1.807) is 13.1 Å². The highest BCUT2D eigenvalue weighted by atomic mass is 32.2. The zero-order chi connectivity index (χ0) is 15.7. The van der Waals surface area contributed by atoms with E-state index in [-0.39, 0.29) is 11.7 Å². The van der Waals surface area contributed by atoms with Gasteiger partial charge in [0.2, 0.25) is 5.82 Å². The van der Waals surface area contributed by atoms with Gasteiger partial charge in [0.25, 0.3) is 5.91 Å². The largest absolute Gasteiger partial charge is 0.358 e. The van der Waals surface area contributed by atoms with Crippen LogP contribution in [0.15, 0.2) is 16.1 Å². The number of carbonyl (C=O) groups is 1. The first kappa shape index (κ1) is 15.1. The molecule has 22 heavy (non-hydrogen) atoms. The molecule has 10 heteroatoms. The molecule has 0 unspecified atom stereocenters. The SMILES string of the molecule is Cn1c([N+](=O)[O-])cnc1/C=C1\SC(N2CCSCC2)=NC1=O. The molecule has 1 fully saturated rings. The fraction of sp³-hybridized carbons (Fsp3) is 0.417. The van der Waals surface area contributed by atoms with Crippen molar-refractivity contribution in [3.05, 3.63) is 27.0 Å². The van der Waals surface area contributed by atoms with Crippen molar-refractivity contribution in [3.8, 4) is 0 Å². The molecule has 1 aromatic heterocycles. The Balaban J connectivity index is 1.79. The predicted molar refractivity (Wildman–Crippen MR) is 86.8 cm³/mol. The molecule has 0 N–H and O–H groups in total. The van der Waals surface area contributed by atoms with E-state index in [1.165, 1.54) is 22.5 Å². The molecule has 0 spiro atoms. The molecule has 1 aromatic rings. The first-order chi connectivity index (χ1) is 10.6. The van der Waals surface area contributed by atoms with Crippen LogP contribution in [0.4, 0.5) is 5.82 Å². The van der Waals surface area contributed by atoms with Crippen molar-refractivity contribution in [2.75, 3.05) is 24.6 Å². The molecule has 0 bridgehead atoms. The summed E-state index contributed by atoms with van der Waals surface area (Å²) < 4.78 is 1.34. The fourth-order valence-corrected chi connectivity index (χ4v) is 3.96. The van der Waals surface area contributed by atoms with Gasteiger partial charge in [-0.15, -0.1) is 0 Å². The molecule has 3 rings (SSSR count). The zero-order valence-electron chi connectivity index (χ0n) is 11.8. The van der Waals surface area contributed by atoms with Crippen LogP contribution in [0.3, 0.4) is 0 Å². The minimum atomic E-state index is -0.508. The van der Waals surface area contributed by atoms with Crippen LogP contribution in [0.5, 0.6) is 0 Å². The summed E-state index contributed by atoms with van der Waals surface area (Å²) in [5.74, 6) is 1.99. The van der Waals surface area contributed by atoms with Gasteiger partial charge in [0.1, 0.15) is 6.20 Å². The second-order valence-electron chi connectivity index (χ2n) is 4.70. The van der Waals surface area contributed by atoms with Gasteiger partial charge in [-0.3, -0.25) is 4.79 Å². The van der Waals surface area contributed by atoms with Crippen molar-refractivity contribution in [2.24, 2.45) is 12.0 Å². The van der Waals surface area contributed by atoms with E-state index in [0.717, 1.165) is 24.6 Å². The van der Waals surface area contributed by atoms with E-state index in [1.807, 2.05) is 11.8 Å². The van der Waals surface area contributed by atoms with Gasteiger partial charge in [-0.1, -0.05) is 0 Å². The number of imidazole rings is 1. The summed E-state index contributed by atoms with van der Waals surface area (Å²) in [5.41, 5.74) is 0. The molecule has 0 aliphatic carbocycles. The lowest BCUT2D eigenvalue weighted by molar-refractivity contribution is -0.391. The van der Waals surface area contributed by atoms with Crippen molar-refractivity contribution in [1.82, 2.24) is 14.5 Å². The van der Waals surface area contributed by atoms with Crippen molar-refractivity contribution in [1.29, 1.82) is 0 Å². The standard InChI is InChI=1S/C12H13N5O3S2/c1-15-9(13-7-10(15)17(19)20)6-8-11(18)14-12(22-8)16-2-4-21-5-3-16/h6-7H,2-5H2,1H3/b8-6-. The van der Waals surface area contributed by atoms with Gasteiger partial charge in [0.05, 0.1) is 12.0 Å². The molecule has 116 valence electrons. The first-order valence-corrected chi connectivity index (χ1v) is 8.55. The average Bonchev–Trinajstić information content (AvgIpc) is 3.05. The Hall–Kier alpha value is -1.81. The third kappa shape index (κ3) is 2.88. The Kier molecular flexibility index (Phi) is 4.21. The lowest BCUT2D eigenvalue weighted by Gasteiger charge is -2.26. The highest BCUT2D eigenvalue weighted by Crippen LogP contribution is 2.31. The molecule has 0 saturated carbocycles. The summed E-state index contributed by atoms with van der Waals surface area (Å²) in [7, 11) is 1.55. The molecular weight excluding hydrogens is 326 g/mol. The van der Waals surface area contributed by atoms with Crippen LogP contribution >= 0.6 is 23.5 Å². The van der Waals surface area contributed by atoms with Gasteiger partial charge in [-0.05, 0) is 16.7 Å². The Bertz CT molecular complexity index is 691. The minimum Gasteiger partial charge on any atom is -0.358 e. The maximum Gasteiger partial charge on any atom is 0.342 e. The number of amides is 1. The second kappa shape index (κ2) is 6.13. The van der Waals surface area contributed by atoms with E-state index in [0.29, 0.717) is 15.9 Å². The predicted octanol–water partition coefficient (Wildman–Crippen LogP) is 1.35. The maximum absolute atomic E-state index is 12.0. The van der Waals surface area contributed by atoms with Gasteiger partial charge >= 0.3 is 5.82 Å². The van der Waals surface area contributed by atoms with E-state index in [4.69, 9.17) is 0 Å². The molecule has 3 heterocycles. The summed E-state index contributed by atoms with van der Waals surface area (Å²) in [6.45, 7) is 1.76. The molecule has 2 aliphatic rings. The number of aromatic nitrogens is 2. The highest BCUT2D eigenvalue weighted by molar-refractivity contribution is 8.18. The van der Waals surface area contributed by atoms with Gasteiger partial charge in [0, 0.05) is 30.7 Å². The number of thioether (sulfide) groups is 2. The number of hydrogen-bond acceptors (Lipinski definition) is 7. The van der Waals surface area contributed by atoms with Gasteiger partial charge < -0.3 is 15.0 Å². The number of nitro groups is 1. The van der Waals surface area contributed by atoms with Crippen LogP contribution in [0.25, 0.3) is 6.08 Å². The topological polar surface area (TPSA) is 93.6 Å². The van der Waals surface area contributed by atoms with E-state index in [9.17, 15) is 14.9 Å². The Morgan fingerprint density at radius 1 is 1.41 bits per heavy atom. The quantitative estimate of drug-likeness (QED) is 0.456. The Morgan fingerprint density at radius 2 is 2.14 bits per heavy atom. The summed E-state index contributed by atoms with van der Waals surface area (Å²) in [4.78, 5) is 32.9. The number of amidine groups is 1. The molecular formula is C12H13N5O3S2. The minimum absolute atomic E-state index is 0.114. The molecule has 2 aliphatic heterocycles. The number of hydrogen-bond donors (Lipinski definition) is 0. The van der Waals surface area contributed by atoms with Gasteiger partial charge in [0.15, 0.2) is 5.17 Å². The molecule has 0 radical (unpaired) electrons. The molecule has 1 amide bonds. The summed E-state index contributed by atoms with van der Waals surface area (Å²) in [6.07, 6.45) is 2.73. The summed E-state index contributed by atoms with van der Waals surface area (Å²) in [5, 5.41) is 11.5. The molecule has 0 aromatic carbocycles. The van der Waals surface area contributed by atoms with Crippen LogP contribution in [-0.4, -0.2) is 55.0 Å². The molecule has 8 nitrogen and oxygen atoms in total. The monoisotopic (exact) mass is 339 g/mol. The van der Waals surface area contributed by atoms with Crippen molar-refractivity contribution in [3.63, 3.8) is 0 Å². The number of nitrogens with zero attached hydrogens (tertiary/aromatic N) is 5. The lowest BCUT2D eigenvalue weighted by Crippen LogP contribution is -2.35. The average molecular weight is 339 g/mol. The lowest BCUT2D eigenvalue weighted by atomic mass is 10.4. The highest BCUT2D eigenvalue weighted by Gasteiger charge is 2.28. The van der Waals surface area contributed by atoms with Crippen LogP contribution in [-0.2, 0) is 11.8 Å². The third-order valence-corrected chi connectivity index (χ3v) is 5.32. The Morgan fingerprint density at radius 3 is 2.77 bits per heavy atom. The van der Waals surface area contributed by atoms with Crippen LogP contribution in [0.1, 0.15) is 5.82 Å². The van der Waals surface area contributed by atoms with E-state index < -0.39 is 4.92 Å². The van der Waals surface area contributed by atoms with Gasteiger partial charge in [-0.2, -0.15) is 16.8 Å². The third-order valence-electron chi connectivity index (χ3n) is 3.34. The normalized spacial score (nSPS) is 20.6. The summed E-state index contributed by atoms with van der Waals surface area (Å²) >= 11 is 3.19. The van der Waals surface area contributed by atoms with Crippen molar-refractivity contribution >= 4 is 46.5 Å². The van der Waals surface area contributed by atoms with E-state index >= 15 is 0 Å². The maximum atomic E-state index is 12.0. The Labute approximate surface area is 134 Å². The zero-order valence-corrected chi connectivity index (χ0v) is 13.4. The summed E-state index contributed by atoms with van der Waals surface area (Å²) in [6, 6.07) is 0. The second-order valence-corrected chi connectivity index (χ2v) is 6.93. The smallest absolute Gasteiger partial charge is 0.342 e. The van der Waals surface area contributed by atoms with E-state index in [2.05, 4.69) is 14.9 Å². The number of aliphatic imine (C=N–C) groups is 1. The van der Waals surface area contributed by atoms with Crippen LogP contribution < -0.4 is 0 Å². The molecule has 1 saturated heterocycles. The van der Waals surface area contributed by atoms with Crippen molar-refractivity contribution < 1.29 is 9.72 Å². The first-order valence-electron chi connectivity index (χ1n) is 6.57. The number of rotatable bonds is 2. The molecule has 0 atom stereocenters. The fourth-order valence-electron chi connectivity index (χ4n) is 2.12. The van der Waals surface area contributed by atoms with Crippen LogP contribution in [0, 0.1) is 10.1 Å². The van der Waals surface area contributed by atoms with Gasteiger partial charge in [-0.25, -0.2) is 9.55 Å². The van der Waals surface area contributed by atoms with Crippen LogP contribution in [0.2, 0.25) is 0 Å².